The van der Waals surface area contributed by atoms with Gasteiger partial charge in [0.1, 0.15) is 0 Å². The minimum absolute atomic E-state index is 0.0342. The van der Waals surface area contributed by atoms with Crippen LogP contribution in [-0.4, -0.2) is 27.1 Å². The number of rotatable bonds is 5. The molecule has 0 atom stereocenters. The lowest BCUT2D eigenvalue weighted by Gasteiger charge is -2.13. The summed E-state index contributed by atoms with van der Waals surface area (Å²) in [5, 5.41) is 3.22. The van der Waals surface area contributed by atoms with Gasteiger partial charge in [-0.3, -0.25) is 4.79 Å². The lowest BCUT2D eigenvalue weighted by molar-refractivity contribution is 0.699. The van der Waals surface area contributed by atoms with E-state index in [1.165, 1.54) is 12.8 Å². The highest BCUT2D eigenvalue weighted by molar-refractivity contribution is 8.00. The van der Waals surface area contributed by atoms with Gasteiger partial charge in [0.2, 0.25) is 0 Å². The third-order valence-corrected chi connectivity index (χ3v) is 5.05. The van der Waals surface area contributed by atoms with Crippen LogP contribution in [-0.2, 0) is 0 Å². The summed E-state index contributed by atoms with van der Waals surface area (Å²) in [6.07, 6.45) is 10.4. The Kier molecular flexibility index (Phi) is 2.65. The number of nitrogens with zero attached hydrogens (tertiary/aromatic N) is 2. The molecule has 2 aliphatic rings. The van der Waals surface area contributed by atoms with E-state index in [1.807, 2.05) is 16.3 Å². The van der Waals surface area contributed by atoms with E-state index in [0.29, 0.717) is 16.6 Å². The molecule has 0 aromatic carbocycles. The monoisotopic (exact) mass is 251 g/mol. The van der Waals surface area contributed by atoms with Crippen LogP contribution in [0.15, 0.2) is 17.2 Å². The quantitative estimate of drug-likeness (QED) is 0.868. The fourth-order valence-electron chi connectivity index (χ4n) is 2.02. The van der Waals surface area contributed by atoms with Crippen molar-refractivity contribution in [2.75, 3.05) is 18.1 Å². The fraction of sp³-hybridized carbons (Fsp3) is 0.667. The first-order chi connectivity index (χ1) is 8.24. The third-order valence-electron chi connectivity index (χ3n) is 3.63. The normalized spacial score (nSPS) is 21.2. The summed E-state index contributed by atoms with van der Waals surface area (Å²) in [7, 11) is 0. The van der Waals surface area contributed by atoms with E-state index in [4.69, 9.17) is 0 Å². The minimum atomic E-state index is 0.0342. The van der Waals surface area contributed by atoms with E-state index in [2.05, 4.69) is 16.6 Å². The Labute approximate surface area is 105 Å². The number of aromatic nitrogens is 2. The molecule has 1 aromatic rings. The minimum Gasteiger partial charge on any atom is -0.364 e. The first-order valence-electron chi connectivity index (χ1n) is 6.10. The standard InChI is InChI=1S/C12H17N3OS/c1-17-12(4-5-12)8-14-10-11(16)15(7-6-13-10)9-2-3-9/h6-7,9H,2-5,8H2,1H3,(H,13,14). The molecular formula is C12H17N3OS. The van der Waals surface area contributed by atoms with Crippen molar-refractivity contribution in [2.24, 2.45) is 0 Å². The van der Waals surface area contributed by atoms with Crippen LogP contribution >= 0.6 is 11.8 Å². The average Bonchev–Trinajstić information content (AvgIpc) is 3.23. The summed E-state index contributed by atoms with van der Waals surface area (Å²) < 4.78 is 2.17. The molecule has 0 saturated heterocycles. The molecule has 0 radical (unpaired) electrons. The molecule has 5 heteroatoms. The maximum Gasteiger partial charge on any atom is 0.293 e. The van der Waals surface area contributed by atoms with Crippen LogP contribution < -0.4 is 10.9 Å². The van der Waals surface area contributed by atoms with Crippen LogP contribution in [0.3, 0.4) is 0 Å². The highest BCUT2D eigenvalue weighted by Crippen LogP contribution is 2.46. The molecule has 2 saturated carbocycles. The van der Waals surface area contributed by atoms with Crippen LogP contribution in [0.5, 0.6) is 0 Å². The lowest BCUT2D eigenvalue weighted by atomic mass is 10.4. The van der Waals surface area contributed by atoms with Gasteiger partial charge in [-0.1, -0.05) is 0 Å². The lowest BCUT2D eigenvalue weighted by Crippen LogP contribution is -2.27. The van der Waals surface area contributed by atoms with Crippen molar-refractivity contribution in [3.63, 3.8) is 0 Å². The molecule has 3 rings (SSSR count). The van der Waals surface area contributed by atoms with E-state index >= 15 is 0 Å². The number of thioether (sulfide) groups is 1. The Balaban J connectivity index is 1.74. The molecule has 1 aromatic heterocycles. The van der Waals surface area contributed by atoms with Crippen molar-refractivity contribution in [2.45, 2.75) is 36.5 Å². The zero-order valence-electron chi connectivity index (χ0n) is 9.98. The van der Waals surface area contributed by atoms with Crippen molar-refractivity contribution < 1.29 is 0 Å². The summed E-state index contributed by atoms with van der Waals surface area (Å²) in [5.41, 5.74) is 0.0342. The molecule has 2 fully saturated rings. The second-order valence-electron chi connectivity index (χ2n) is 4.96. The Morgan fingerprint density at radius 1 is 1.59 bits per heavy atom. The predicted molar refractivity (Wildman–Crippen MR) is 70.7 cm³/mol. The van der Waals surface area contributed by atoms with Crippen molar-refractivity contribution in [3.05, 3.63) is 22.7 Å². The molecule has 0 amide bonds. The van der Waals surface area contributed by atoms with E-state index in [0.717, 1.165) is 19.4 Å². The summed E-state index contributed by atoms with van der Waals surface area (Å²) in [4.78, 5) is 16.3. The van der Waals surface area contributed by atoms with Crippen LogP contribution in [0, 0.1) is 0 Å². The molecule has 92 valence electrons. The van der Waals surface area contributed by atoms with Crippen molar-refractivity contribution in [1.29, 1.82) is 0 Å². The molecule has 0 aliphatic heterocycles. The maximum absolute atomic E-state index is 12.1. The van der Waals surface area contributed by atoms with E-state index in [-0.39, 0.29) is 5.56 Å². The van der Waals surface area contributed by atoms with Crippen LogP contribution in [0.1, 0.15) is 31.7 Å². The molecule has 0 bridgehead atoms. The number of hydrogen-bond donors (Lipinski definition) is 1. The Morgan fingerprint density at radius 2 is 2.35 bits per heavy atom. The molecular weight excluding hydrogens is 234 g/mol. The maximum atomic E-state index is 12.1. The third kappa shape index (κ3) is 2.20. The zero-order valence-corrected chi connectivity index (χ0v) is 10.8. The summed E-state index contributed by atoms with van der Waals surface area (Å²) in [6.45, 7) is 0.852. The number of hydrogen-bond acceptors (Lipinski definition) is 4. The summed E-state index contributed by atoms with van der Waals surface area (Å²) in [6, 6.07) is 0.418. The van der Waals surface area contributed by atoms with Crippen molar-refractivity contribution in [3.8, 4) is 0 Å². The van der Waals surface area contributed by atoms with Crippen molar-refractivity contribution in [1.82, 2.24) is 9.55 Å². The Morgan fingerprint density at radius 3 is 2.94 bits per heavy atom. The van der Waals surface area contributed by atoms with Gasteiger partial charge in [0.05, 0.1) is 0 Å². The van der Waals surface area contributed by atoms with Crippen LogP contribution in [0.25, 0.3) is 0 Å². The van der Waals surface area contributed by atoms with Gasteiger partial charge in [-0.2, -0.15) is 11.8 Å². The number of nitrogens with one attached hydrogen (secondary N) is 1. The zero-order chi connectivity index (χ0) is 11.9. The van der Waals surface area contributed by atoms with Gasteiger partial charge in [-0.25, -0.2) is 4.98 Å². The Hall–Kier alpha value is -0.970. The second-order valence-corrected chi connectivity index (χ2v) is 6.23. The molecule has 1 heterocycles. The average molecular weight is 251 g/mol. The van der Waals surface area contributed by atoms with Gasteiger partial charge in [0.15, 0.2) is 5.82 Å². The molecule has 4 nitrogen and oxygen atoms in total. The van der Waals surface area contributed by atoms with Gasteiger partial charge in [0, 0.05) is 29.7 Å². The van der Waals surface area contributed by atoms with Gasteiger partial charge < -0.3 is 9.88 Å². The van der Waals surface area contributed by atoms with Crippen molar-refractivity contribution >= 4 is 17.6 Å². The smallest absolute Gasteiger partial charge is 0.293 e. The van der Waals surface area contributed by atoms with E-state index < -0.39 is 0 Å². The fourth-order valence-corrected chi connectivity index (χ4v) is 2.75. The van der Waals surface area contributed by atoms with Gasteiger partial charge >= 0.3 is 0 Å². The molecule has 2 aliphatic carbocycles. The topological polar surface area (TPSA) is 46.9 Å². The van der Waals surface area contributed by atoms with Crippen LogP contribution in [0.4, 0.5) is 5.82 Å². The summed E-state index contributed by atoms with van der Waals surface area (Å²) >= 11 is 1.89. The first-order valence-corrected chi connectivity index (χ1v) is 7.33. The molecule has 1 N–H and O–H groups in total. The van der Waals surface area contributed by atoms with Gasteiger partial charge in [-0.05, 0) is 31.9 Å². The highest BCUT2D eigenvalue weighted by atomic mass is 32.2. The SMILES string of the molecule is CSC1(CNc2nccn(C3CC3)c2=O)CC1. The number of anilines is 1. The Bertz CT molecular complexity index is 477. The predicted octanol–water partition coefficient (Wildman–Crippen LogP) is 1.89. The van der Waals surface area contributed by atoms with Gasteiger partial charge in [0.25, 0.3) is 5.56 Å². The van der Waals surface area contributed by atoms with E-state index in [1.54, 1.807) is 12.4 Å². The summed E-state index contributed by atoms with van der Waals surface area (Å²) in [5.74, 6) is 0.514. The van der Waals surface area contributed by atoms with Gasteiger partial charge in [-0.15, -0.1) is 0 Å². The second kappa shape index (κ2) is 4.05. The molecule has 0 spiro atoms. The van der Waals surface area contributed by atoms with Crippen LogP contribution in [0.2, 0.25) is 0 Å². The first kappa shape index (κ1) is 11.1. The largest absolute Gasteiger partial charge is 0.364 e. The highest BCUT2D eigenvalue weighted by Gasteiger charge is 2.41. The molecule has 0 unspecified atom stereocenters. The molecule has 17 heavy (non-hydrogen) atoms. The van der Waals surface area contributed by atoms with E-state index in [9.17, 15) is 4.79 Å².